The SMILES string of the molecule is CC(C)(C)OC(=O)N1C(c2ncc(-c3ccc4cc(-c5ccc6nc([C@@H]7C[C@H]8C[C@H]8N7C(=O)OC(C)(C)C)[nH]c6c5)ccc4c3)[nH]2)CC2CC21. The van der Waals surface area contributed by atoms with Gasteiger partial charge in [-0.1, -0.05) is 30.3 Å². The number of carbonyl (C=O) groups is 2. The number of nitrogens with one attached hydrogen (secondary N) is 2. The van der Waals surface area contributed by atoms with E-state index >= 15 is 0 Å². The van der Waals surface area contributed by atoms with Gasteiger partial charge in [0.25, 0.3) is 0 Å². The van der Waals surface area contributed by atoms with Crippen molar-refractivity contribution >= 4 is 34.0 Å². The molecule has 10 nitrogen and oxygen atoms in total. The molecular weight excluding hydrogens is 628 g/mol. The number of amides is 2. The molecule has 0 spiro atoms. The van der Waals surface area contributed by atoms with Crippen LogP contribution < -0.4 is 0 Å². The molecule has 3 aromatic carbocycles. The summed E-state index contributed by atoms with van der Waals surface area (Å²) in [6.45, 7) is 11.4. The van der Waals surface area contributed by atoms with Crippen molar-refractivity contribution in [2.45, 2.75) is 103 Å². The highest BCUT2D eigenvalue weighted by Crippen LogP contribution is 2.54. The first kappa shape index (κ1) is 31.1. The molecule has 2 saturated carbocycles. The van der Waals surface area contributed by atoms with Crippen molar-refractivity contribution in [2.24, 2.45) is 11.8 Å². The standard InChI is InChI=1S/C40H44N6O4/c1-39(2,3)49-37(47)45-31-16-26(31)18-33(45)35-41-20-30(44-35)25-10-9-21-13-22(7-8-23(21)14-25)24-11-12-28-29(15-24)43-36(42-28)34-19-27-17-32(27)46(34)38(48)50-40(4,5)6/h7-15,20,26-27,31-34H,16-19H2,1-6H3,(H,41,44)(H,42,43)/t26?,27-,31?,32-,33?,34+/m1/s1. The van der Waals surface area contributed by atoms with Crippen LogP contribution in [0.4, 0.5) is 9.59 Å². The van der Waals surface area contributed by atoms with Crippen molar-refractivity contribution in [1.29, 1.82) is 0 Å². The second-order valence-electron chi connectivity index (χ2n) is 16.7. The van der Waals surface area contributed by atoms with Crippen LogP contribution in [0.15, 0.2) is 60.8 Å². The number of piperidine rings is 2. The summed E-state index contributed by atoms with van der Waals surface area (Å²) in [6.07, 6.45) is 5.27. The number of aromatic nitrogens is 4. The zero-order valence-corrected chi connectivity index (χ0v) is 29.5. The Hall–Kier alpha value is -4.86. The van der Waals surface area contributed by atoms with E-state index in [-0.39, 0.29) is 36.4 Å². The quantitative estimate of drug-likeness (QED) is 0.197. The predicted octanol–water partition coefficient (Wildman–Crippen LogP) is 8.91. The average Bonchev–Trinajstić information content (AvgIpc) is 3.67. The molecule has 4 fully saturated rings. The van der Waals surface area contributed by atoms with Crippen LogP contribution in [0.25, 0.3) is 44.2 Å². The average molecular weight is 673 g/mol. The zero-order chi connectivity index (χ0) is 34.7. The summed E-state index contributed by atoms with van der Waals surface area (Å²) in [7, 11) is 0. The van der Waals surface area contributed by atoms with Gasteiger partial charge in [-0.15, -0.1) is 0 Å². The van der Waals surface area contributed by atoms with Crippen LogP contribution >= 0.6 is 0 Å². The second-order valence-corrected chi connectivity index (χ2v) is 16.7. The van der Waals surface area contributed by atoms with Crippen LogP contribution in [0.1, 0.15) is 91.0 Å². The third-order valence-electron chi connectivity index (χ3n) is 10.6. The van der Waals surface area contributed by atoms with E-state index in [0.717, 1.165) is 81.5 Å². The molecular formula is C40H44N6O4. The zero-order valence-electron chi connectivity index (χ0n) is 29.5. The highest BCUT2D eigenvalue weighted by atomic mass is 16.6. The minimum absolute atomic E-state index is 0.0960. The molecule has 2 aromatic heterocycles. The Morgan fingerprint density at radius 1 is 0.680 bits per heavy atom. The van der Waals surface area contributed by atoms with Crippen LogP contribution in [0.3, 0.4) is 0 Å². The summed E-state index contributed by atoms with van der Waals surface area (Å²) in [5, 5.41) is 2.27. The molecule has 0 radical (unpaired) electrons. The highest BCUT2D eigenvalue weighted by molar-refractivity contribution is 5.92. The van der Waals surface area contributed by atoms with Crippen LogP contribution in [-0.4, -0.2) is 65.2 Å². The van der Waals surface area contributed by atoms with Crippen molar-refractivity contribution in [3.63, 3.8) is 0 Å². The number of ether oxygens (including phenoxy) is 2. The topological polar surface area (TPSA) is 116 Å². The first-order valence-electron chi connectivity index (χ1n) is 17.9. The Morgan fingerprint density at radius 3 is 1.84 bits per heavy atom. The van der Waals surface area contributed by atoms with Crippen LogP contribution in [0.2, 0.25) is 0 Å². The van der Waals surface area contributed by atoms with Gasteiger partial charge in [0.15, 0.2) is 0 Å². The number of nitrogens with zero attached hydrogens (tertiary/aromatic N) is 4. The maximum absolute atomic E-state index is 13.1. The van der Waals surface area contributed by atoms with E-state index in [9.17, 15) is 9.59 Å². The van der Waals surface area contributed by atoms with Gasteiger partial charge in [-0.2, -0.15) is 0 Å². The van der Waals surface area contributed by atoms with E-state index in [4.69, 9.17) is 19.4 Å². The van der Waals surface area contributed by atoms with E-state index in [2.05, 4.69) is 64.6 Å². The van der Waals surface area contributed by atoms with E-state index < -0.39 is 11.2 Å². The number of benzene rings is 3. The Kier molecular flexibility index (Phi) is 6.74. The molecule has 2 saturated heterocycles. The largest absolute Gasteiger partial charge is 0.444 e. The minimum atomic E-state index is -0.538. The number of rotatable bonds is 4. The molecule has 2 aliphatic carbocycles. The Morgan fingerprint density at radius 2 is 1.22 bits per heavy atom. The molecule has 5 aromatic rings. The Labute approximate surface area is 291 Å². The lowest BCUT2D eigenvalue weighted by Crippen LogP contribution is -2.38. The van der Waals surface area contributed by atoms with Crippen molar-refractivity contribution in [3.8, 4) is 22.4 Å². The molecule has 0 bridgehead atoms. The maximum atomic E-state index is 13.1. The number of likely N-dealkylation sites (tertiary alicyclic amines) is 2. The summed E-state index contributed by atoms with van der Waals surface area (Å²) in [6, 6.07) is 19.6. The monoisotopic (exact) mass is 672 g/mol. The fourth-order valence-electron chi connectivity index (χ4n) is 8.17. The smallest absolute Gasteiger partial charge is 0.411 e. The van der Waals surface area contributed by atoms with Gasteiger partial charge in [0.2, 0.25) is 0 Å². The molecule has 50 heavy (non-hydrogen) atoms. The molecule has 258 valence electrons. The van der Waals surface area contributed by atoms with Gasteiger partial charge in [-0.25, -0.2) is 19.6 Å². The molecule has 2 aliphatic heterocycles. The summed E-state index contributed by atoms with van der Waals surface area (Å²) < 4.78 is 11.5. The van der Waals surface area contributed by atoms with Gasteiger partial charge in [0, 0.05) is 17.6 Å². The van der Waals surface area contributed by atoms with Crippen LogP contribution in [0, 0.1) is 11.8 Å². The molecule has 10 heteroatoms. The Balaban J connectivity index is 0.937. The summed E-state index contributed by atoms with van der Waals surface area (Å²) in [5.74, 6) is 2.69. The number of H-pyrrole nitrogens is 2. The molecule has 9 rings (SSSR count). The van der Waals surface area contributed by atoms with E-state index in [1.54, 1.807) is 0 Å². The third kappa shape index (κ3) is 5.58. The van der Waals surface area contributed by atoms with Crippen LogP contribution in [-0.2, 0) is 9.47 Å². The Bertz CT molecular complexity index is 2170. The fraction of sp³-hybridized carbons (Fsp3) is 0.450. The highest BCUT2D eigenvalue weighted by Gasteiger charge is 2.57. The van der Waals surface area contributed by atoms with Crippen LogP contribution in [0.5, 0.6) is 0 Å². The number of carbonyl (C=O) groups excluding carboxylic acids is 2. The van der Waals surface area contributed by atoms with E-state index in [0.29, 0.717) is 11.8 Å². The summed E-state index contributed by atoms with van der Waals surface area (Å²) in [5.41, 5.74) is 4.97. The van der Waals surface area contributed by atoms with Crippen molar-refractivity contribution in [3.05, 3.63) is 72.4 Å². The van der Waals surface area contributed by atoms with Gasteiger partial charge >= 0.3 is 12.2 Å². The summed E-state index contributed by atoms with van der Waals surface area (Å²) >= 11 is 0. The third-order valence-corrected chi connectivity index (χ3v) is 10.6. The number of hydrogen-bond acceptors (Lipinski definition) is 6. The molecule has 6 atom stereocenters. The number of imidazole rings is 2. The second kappa shape index (κ2) is 10.8. The minimum Gasteiger partial charge on any atom is -0.444 e. The number of aromatic amines is 2. The molecule has 2 amide bonds. The van der Waals surface area contributed by atoms with Gasteiger partial charge in [-0.05, 0) is 125 Å². The van der Waals surface area contributed by atoms with Crippen molar-refractivity contribution in [2.75, 3.05) is 0 Å². The first-order valence-corrected chi connectivity index (χ1v) is 17.9. The van der Waals surface area contributed by atoms with Gasteiger partial charge in [-0.3, -0.25) is 9.80 Å². The van der Waals surface area contributed by atoms with Crippen molar-refractivity contribution in [1.82, 2.24) is 29.7 Å². The van der Waals surface area contributed by atoms with E-state index in [1.165, 1.54) is 0 Å². The molecule has 2 N–H and O–H groups in total. The van der Waals surface area contributed by atoms with Gasteiger partial charge < -0.3 is 19.4 Å². The van der Waals surface area contributed by atoms with Gasteiger partial charge in [0.1, 0.15) is 22.9 Å². The maximum Gasteiger partial charge on any atom is 0.411 e. The fourth-order valence-corrected chi connectivity index (χ4v) is 8.17. The number of hydrogen-bond donors (Lipinski definition) is 2. The predicted molar refractivity (Wildman–Crippen MR) is 191 cm³/mol. The molecule has 4 heterocycles. The van der Waals surface area contributed by atoms with Gasteiger partial charge in [0.05, 0.1) is 35.0 Å². The first-order chi connectivity index (χ1) is 23.8. The lowest BCUT2D eigenvalue weighted by Gasteiger charge is -2.29. The van der Waals surface area contributed by atoms with Crippen molar-refractivity contribution < 1.29 is 19.1 Å². The van der Waals surface area contributed by atoms with E-state index in [1.807, 2.05) is 57.5 Å². The lowest BCUT2D eigenvalue weighted by atomic mass is 9.99. The lowest BCUT2D eigenvalue weighted by molar-refractivity contribution is 0.0164. The number of fused-ring (bicyclic) bond motifs is 4. The normalized spacial score (nSPS) is 25.6. The summed E-state index contributed by atoms with van der Waals surface area (Å²) in [4.78, 5) is 46.7. The molecule has 3 unspecified atom stereocenters. The molecule has 4 aliphatic rings.